The fourth-order valence-electron chi connectivity index (χ4n) is 9.41. The summed E-state index contributed by atoms with van der Waals surface area (Å²) in [5.41, 5.74) is 1.37. The van der Waals surface area contributed by atoms with Gasteiger partial charge in [0.25, 0.3) is 0 Å². The SMILES string of the molecule is CC(C)CC1CCOCC1.CC(C)CCC1CCC(O)CC1.CC(C)CCCN1CCN(c2ccccc2)CC1.CC(C)C[C@H]1CCCC[C@@H]1O.CC(C)N1CCOCC1. The maximum atomic E-state index is 9.62. The summed E-state index contributed by atoms with van der Waals surface area (Å²) in [6, 6.07) is 11.5. The van der Waals surface area contributed by atoms with Gasteiger partial charge in [-0.25, -0.2) is 0 Å². The molecule has 0 aromatic heterocycles. The van der Waals surface area contributed by atoms with Gasteiger partial charge in [-0.05, 0) is 151 Å². The zero-order valence-electron chi connectivity index (χ0n) is 41.3. The molecule has 5 fully saturated rings. The van der Waals surface area contributed by atoms with Gasteiger partial charge in [-0.2, -0.15) is 0 Å². The molecule has 6 rings (SSSR count). The van der Waals surface area contributed by atoms with E-state index in [2.05, 4.69) is 114 Å². The Kier molecular flexibility index (Phi) is 30.5. The summed E-state index contributed by atoms with van der Waals surface area (Å²) in [5, 5.41) is 18.9. The largest absolute Gasteiger partial charge is 0.393 e. The lowest BCUT2D eigenvalue weighted by Gasteiger charge is -2.36. The van der Waals surface area contributed by atoms with Crippen LogP contribution >= 0.6 is 0 Å². The fourth-order valence-corrected chi connectivity index (χ4v) is 9.41. The van der Waals surface area contributed by atoms with Crippen molar-refractivity contribution in [3.63, 3.8) is 0 Å². The number of anilines is 1. The van der Waals surface area contributed by atoms with Crippen LogP contribution in [0.5, 0.6) is 0 Å². The van der Waals surface area contributed by atoms with Crippen molar-refractivity contribution in [1.82, 2.24) is 9.80 Å². The van der Waals surface area contributed by atoms with Crippen LogP contribution in [-0.4, -0.2) is 111 Å². The van der Waals surface area contributed by atoms with Crippen molar-refractivity contribution in [3.05, 3.63) is 30.3 Å². The van der Waals surface area contributed by atoms with Crippen LogP contribution in [0.1, 0.15) is 172 Å². The van der Waals surface area contributed by atoms with Gasteiger partial charge in [-0.3, -0.25) is 9.80 Å². The van der Waals surface area contributed by atoms with Gasteiger partial charge in [-0.1, -0.05) is 99.3 Å². The van der Waals surface area contributed by atoms with E-state index in [1.165, 1.54) is 122 Å². The molecule has 0 spiro atoms. The molecule has 3 heterocycles. The van der Waals surface area contributed by atoms with Crippen LogP contribution in [0.25, 0.3) is 0 Å². The molecule has 2 aliphatic carbocycles. The fraction of sp³-hybridized carbons (Fsp3) is 0.887. The molecule has 2 atom stereocenters. The zero-order valence-corrected chi connectivity index (χ0v) is 41.3. The van der Waals surface area contributed by atoms with Crippen molar-refractivity contribution in [1.29, 1.82) is 0 Å². The predicted molar refractivity (Wildman–Crippen MR) is 259 cm³/mol. The average molecular weight is 844 g/mol. The number of aliphatic hydroxyl groups is 2. The first kappa shape index (κ1) is 54.9. The van der Waals surface area contributed by atoms with Gasteiger partial charge in [0.2, 0.25) is 0 Å². The number of morpholine rings is 1. The average Bonchev–Trinajstić information content (AvgIpc) is 3.23. The zero-order chi connectivity index (χ0) is 44.1. The number of para-hydroxylation sites is 1. The van der Waals surface area contributed by atoms with Crippen LogP contribution in [0, 0.1) is 41.4 Å². The number of aliphatic hydroxyl groups excluding tert-OH is 2. The molecule has 0 unspecified atom stereocenters. The second-order valence-corrected chi connectivity index (χ2v) is 21.0. The van der Waals surface area contributed by atoms with E-state index >= 15 is 0 Å². The standard InChI is InChI=1S/C16H26N2.C11H22O.C10H20O.C9H18O.C7H15NO/c1-15(2)7-6-10-17-11-13-18(14-12-17)16-8-4-3-5-9-16;1-9(2)3-4-10-5-7-11(12)8-6-10;1-8(2)7-9-5-3-4-6-10(9)11;1-8(2)7-9-3-5-10-6-4-9;1-7(2)8-3-5-9-6-4-8/h3-5,8-9,15H,6-7,10-14H2,1-2H3;9-12H,3-8H2,1-2H3;8-11H,3-7H2,1-2H3;8-9H,3-7H2,1-2H3;7H,3-6H2,1-2H3/t;;9-,10+;;/m..1../s1. The van der Waals surface area contributed by atoms with E-state index in [9.17, 15) is 10.2 Å². The molecule has 0 bridgehead atoms. The number of hydrogen-bond donors (Lipinski definition) is 2. The second kappa shape index (κ2) is 33.3. The third kappa shape index (κ3) is 27.1. The maximum absolute atomic E-state index is 9.62. The van der Waals surface area contributed by atoms with Gasteiger partial charge in [-0.15, -0.1) is 0 Å². The summed E-state index contributed by atoms with van der Waals surface area (Å²) in [5.74, 6) is 5.76. The minimum atomic E-state index is 0.00569. The van der Waals surface area contributed by atoms with Gasteiger partial charge in [0.05, 0.1) is 25.4 Å². The molecular weight excluding hydrogens is 743 g/mol. The lowest BCUT2D eigenvalue weighted by molar-refractivity contribution is 0.0238. The Morgan fingerprint density at radius 3 is 1.65 bits per heavy atom. The van der Waals surface area contributed by atoms with Gasteiger partial charge in [0, 0.05) is 64.2 Å². The second-order valence-electron chi connectivity index (χ2n) is 21.0. The number of hydrogen-bond acceptors (Lipinski definition) is 7. The Morgan fingerprint density at radius 2 is 1.13 bits per heavy atom. The summed E-state index contributed by atoms with van der Waals surface area (Å²) >= 11 is 0. The highest BCUT2D eigenvalue weighted by Crippen LogP contribution is 2.30. The van der Waals surface area contributed by atoms with Crippen LogP contribution in [0.4, 0.5) is 5.69 Å². The van der Waals surface area contributed by atoms with E-state index < -0.39 is 0 Å². The van der Waals surface area contributed by atoms with Gasteiger partial charge in [0.15, 0.2) is 0 Å². The molecule has 0 radical (unpaired) electrons. The number of benzene rings is 1. The van der Waals surface area contributed by atoms with Crippen molar-refractivity contribution in [2.24, 2.45) is 41.4 Å². The van der Waals surface area contributed by atoms with Crippen molar-refractivity contribution in [2.45, 2.75) is 190 Å². The van der Waals surface area contributed by atoms with E-state index in [4.69, 9.17) is 9.47 Å². The first-order valence-corrected chi connectivity index (χ1v) is 25.5. The van der Waals surface area contributed by atoms with Crippen molar-refractivity contribution in [3.8, 4) is 0 Å². The normalized spacial score (nSPS) is 24.5. The molecule has 5 aliphatic rings. The Balaban J connectivity index is 0.000000265. The van der Waals surface area contributed by atoms with E-state index in [0.29, 0.717) is 12.0 Å². The third-order valence-corrected chi connectivity index (χ3v) is 13.3. The molecule has 2 N–H and O–H groups in total. The highest BCUT2D eigenvalue weighted by molar-refractivity contribution is 5.46. The molecule has 7 heteroatoms. The Bertz CT molecular complexity index is 1090. The third-order valence-electron chi connectivity index (χ3n) is 13.3. The maximum Gasteiger partial charge on any atom is 0.0594 e. The number of ether oxygens (including phenoxy) is 2. The minimum Gasteiger partial charge on any atom is -0.393 e. The molecule has 0 amide bonds. The van der Waals surface area contributed by atoms with E-state index in [1.807, 2.05) is 0 Å². The van der Waals surface area contributed by atoms with Crippen LogP contribution in [0.3, 0.4) is 0 Å². The van der Waals surface area contributed by atoms with E-state index in [0.717, 1.165) is 94.3 Å². The van der Waals surface area contributed by atoms with Crippen molar-refractivity contribution >= 4 is 5.69 Å². The molecule has 2 saturated carbocycles. The summed E-state index contributed by atoms with van der Waals surface area (Å²) < 4.78 is 10.5. The molecule has 7 nitrogen and oxygen atoms in total. The smallest absolute Gasteiger partial charge is 0.0594 e. The molecule has 1 aromatic carbocycles. The van der Waals surface area contributed by atoms with Crippen LogP contribution in [-0.2, 0) is 9.47 Å². The van der Waals surface area contributed by atoms with Crippen molar-refractivity contribution < 1.29 is 19.7 Å². The van der Waals surface area contributed by atoms with Crippen LogP contribution in [0.2, 0.25) is 0 Å². The van der Waals surface area contributed by atoms with Gasteiger partial charge < -0.3 is 24.6 Å². The van der Waals surface area contributed by atoms with Crippen molar-refractivity contribution in [2.75, 3.05) is 77.1 Å². The van der Waals surface area contributed by atoms with E-state index in [1.54, 1.807) is 0 Å². The highest BCUT2D eigenvalue weighted by Gasteiger charge is 2.23. The Hall–Kier alpha value is -1.22. The molecule has 1 aromatic rings. The monoisotopic (exact) mass is 844 g/mol. The Morgan fingerprint density at radius 1 is 0.567 bits per heavy atom. The van der Waals surface area contributed by atoms with Gasteiger partial charge >= 0.3 is 0 Å². The highest BCUT2D eigenvalue weighted by atomic mass is 16.5. The van der Waals surface area contributed by atoms with Crippen LogP contribution < -0.4 is 4.90 Å². The first-order valence-electron chi connectivity index (χ1n) is 25.5. The van der Waals surface area contributed by atoms with E-state index in [-0.39, 0.29) is 12.2 Å². The number of nitrogens with zero attached hydrogens (tertiary/aromatic N) is 3. The Labute approximate surface area is 373 Å². The molecule has 3 saturated heterocycles. The molecule has 352 valence electrons. The molecule has 60 heavy (non-hydrogen) atoms. The quantitative estimate of drug-likeness (QED) is 0.205. The summed E-state index contributed by atoms with van der Waals surface area (Å²) in [7, 11) is 0. The lowest BCUT2D eigenvalue weighted by atomic mass is 9.81. The topological polar surface area (TPSA) is 68.6 Å². The molecular formula is C53H101N3O4. The number of rotatable bonds is 13. The summed E-state index contributed by atoms with van der Waals surface area (Å²) in [4.78, 5) is 7.55. The number of piperazine rings is 1. The van der Waals surface area contributed by atoms with Crippen LogP contribution in [0.15, 0.2) is 30.3 Å². The summed E-state index contributed by atoms with van der Waals surface area (Å²) in [6.45, 7) is 34.8. The molecule has 3 aliphatic heterocycles. The summed E-state index contributed by atoms with van der Waals surface area (Å²) in [6.07, 6.45) is 20.1. The minimum absolute atomic E-state index is 0.00569. The van der Waals surface area contributed by atoms with Gasteiger partial charge in [0.1, 0.15) is 0 Å². The lowest BCUT2D eigenvalue weighted by Crippen LogP contribution is -2.46. The first-order chi connectivity index (χ1) is 28.7. The predicted octanol–water partition coefficient (Wildman–Crippen LogP) is 12.0.